The molecule has 1 saturated carbocycles. The Hall–Kier alpha value is -1.07. The molecular formula is C27H45N3O5S2. The summed E-state index contributed by atoms with van der Waals surface area (Å²) in [6.07, 6.45) is 1.93. The number of sulfone groups is 1. The van der Waals surface area contributed by atoms with Crippen LogP contribution in [0, 0.1) is 23.2 Å². The molecule has 210 valence electrons. The summed E-state index contributed by atoms with van der Waals surface area (Å²) in [5, 5.41) is 15.4. The summed E-state index contributed by atoms with van der Waals surface area (Å²) in [7, 11) is -3.32. The van der Waals surface area contributed by atoms with E-state index in [1.54, 1.807) is 20.8 Å². The van der Waals surface area contributed by atoms with Gasteiger partial charge in [0.25, 0.3) is 0 Å². The van der Waals surface area contributed by atoms with Crippen molar-refractivity contribution in [1.82, 2.24) is 15.2 Å². The Balaban J connectivity index is 1.44. The van der Waals surface area contributed by atoms with Crippen LogP contribution < -0.4 is 5.32 Å². The van der Waals surface area contributed by atoms with E-state index >= 15 is 0 Å². The van der Waals surface area contributed by atoms with Crippen LogP contribution >= 0.6 is 11.3 Å². The molecule has 1 saturated heterocycles. The van der Waals surface area contributed by atoms with Crippen LogP contribution in [-0.4, -0.2) is 79.6 Å². The van der Waals surface area contributed by atoms with Crippen molar-refractivity contribution in [2.24, 2.45) is 23.2 Å². The summed E-state index contributed by atoms with van der Waals surface area (Å²) in [4.78, 5) is 21.3. The molecule has 0 spiro atoms. The van der Waals surface area contributed by atoms with Crippen LogP contribution in [0.15, 0.2) is 0 Å². The molecule has 8 nitrogen and oxygen atoms in total. The number of morpholine rings is 1. The highest BCUT2D eigenvalue weighted by Crippen LogP contribution is 2.57. The fourth-order valence-corrected chi connectivity index (χ4v) is 9.25. The lowest BCUT2D eigenvalue weighted by Gasteiger charge is -2.53. The molecule has 0 aromatic carbocycles. The minimum Gasteiger partial charge on any atom is -0.392 e. The number of carbonyl (C=O) groups excluding carboxylic acids is 1. The molecule has 4 rings (SSSR count). The second-order valence-corrected chi connectivity index (χ2v) is 16.6. The van der Waals surface area contributed by atoms with Gasteiger partial charge in [0.05, 0.1) is 29.8 Å². The van der Waals surface area contributed by atoms with Crippen molar-refractivity contribution in [2.45, 2.75) is 83.3 Å². The van der Waals surface area contributed by atoms with Gasteiger partial charge in [0.2, 0.25) is 5.91 Å². The van der Waals surface area contributed by atoms with Crippen molar-refractivity contribution in [2.75, 3.05) is 39.4 Å². The standard InChI is InChI=1S/C27H45N3O5S2/c1-17(25(32)28-9-10-30-11-13-35-14-12-30)19-7-8-27(6)15-20-23(18(2)22(27)24(19)31)29-21(36-20)16-37(33,34)26(3,4)5/h17-19,22,24,31H,7-16H2,1-6H3,(H,28,32)/t17-,18-,19?,22+,24-,27-/m0/s1. The third kappa shape index (κ3) is 5.93. The van der Waals surface area contributed by atoms with Crippen LogP contribution in [0.5, 0.6) is 0 Å². The third-order valence-electron chi connectivity index (χ3n) is 9.10. The number of hydrogen-bond donors (Lipinski definition) is 2. The van der Waals surface area contributed by atoms with Gasteiger partial charge in [-0.25, -0.2) is 13.4 Å². The molecule has 1 aliphatic heterocycles. The lowest BCUT2D eigenvalue weighted by Crippen LogP contribution is -2.53. The van der Waals surface area contributed by atoms with Gasteiger partial charge in [-0.2, -0.15) is 0 Å². The highest BCUT2D eigenvalue weighted by molar-refractivity contribution is 7.92. The molecular weight excluding hydrogens is 510 g/mol. The number of carbonyl (C=O) groups is 1. The number of fused-ring (bicyclic) bond motifs is 2. The number of nitrogens with zero attached hydrogens (tertiary/aromatic N) is 2. The molecule has 2 fully saturated rings. The van der Waals surface area contributed by atoms with Crippen LogP contribution in [0.4, 0.5) is 0 Å². The van der Waals surface area contributed by atoms with Gasteiger partial charge < -0.3 is 15.2 Å². The minimum atomic E-state index is -3.32. The molecule has 2 N–H and O–H groups in total. The number of aliphatic hydroxyl groups excluding tert-OH is 1. The van der Waals surface area contributed by atoms with Crippen LogP contribution in [0.2, 0.25) is 0 Å². The van der Waals surface area contributed by atoms with Crippen molar-refractivity contribution in [1.29, 1.82) is 0 Å². The highest BCUT2D eigenvalue weighted by atomic mass is 32.2. The Kier molecular flexibility index (Phi) is 8.47. The Morgan fingerprint density at radius 2 is 2.00 bits per heavy atom. The topological polar surface area (TPSA) is 109 Å². The molecule has 2 aliphatic carbocycles. The van der Waals surface area contributed by atoms with Gasteiger partial charge in [-0.05, 0) is 57.3 Å². The van der Waals surface area contributed by atoms with Gasteiger partial charge in [-0.15, -0.1) is 11.3 Å². The fraction of sp³-hybridized carbons (Fsp3) is 0.852. The summed E-state index contributed by atoms with van der Waals surface area (Å²) < 4.78 is 30.2. The van der Waals surface area contributed by atoms with Crippen molar-refractivity contribution >= 4 is 27.1 Å². The Bertz CT molecular complexity index is 1080. The van der Waals surface area contributed by atoms with E-state index in [4.69, 9.17) is 9.72 Å². The van der Waals surface area contributed by atoms with Crippen molar-refractivity contribution in [3.05, 3.63) is 15.6 Å². The van der Waals surface area contributed by atoms with E-state index in [-0.39, 0.29) is 40.7 Å². The largest absolute Gasteiger partial charge is 0.392 e. The van der Waals surface area contributed by atoms with Gasteiger partial charge in [-0.3, -0.25) is 9.69 Å². The number of rotatable bonds is 7. The first-order valence-electron chi connectivity index (χ1n) is 13.7. The van der Waals surface area contributed by atoms with Crippen LogP contribution in [0.25, 0.3) is 0 Å². The number of thiazole rings is 1. The SMILES string of the molecule is C[C@H](C(=O)NCCN1CCOCC1)C1CC[C@@]2(C)Cc3sc(CS(=O)(=O)C(C)(C)C)nc3[C@@H](C)[C@@H]2[C@H]1O. The summed E-state index contributed by atoms with van der Waals surface area (Å²) in [6.45, 7) is 16.2. The van der Waals surface area contributed by atoms with Crippen molar-refractivity contribution in [3.63, 3.8) is 0 Å². The third-order valence-corrected chi connectivity index (χ3v) is 12.9. The van der Waals surface area contributed by atoms with E-state index in [1.165, 1.54) is 11.3 Å². The molecule has 1 unspecified atom stereocenters. The quantitative estimate of drug-likeness (QED) is 0.532. The smallest absolute Gasteiger partial charge is 0.223 e. The monoisotopic (exact) mass is 555 g/mol. The Labute approximate surface area is 226 Å². The number of aliphatic hydroxyl groups is 1. The predicted molar refractivity (Wildman–Crippen MR) is 146 cm³/mol. The van der Waals surface area contributed by atoms with E-state index in [1.807, 2.05) is 6.92 Å². The van der Waals surface area contributed by atoms with Crippen molar-refractivity contribution < 1.29 is 23.1 Å². The van der Waals surface area contributed by atoms with Gasteiger partial charge in [-0.1, -0.05) is 20.8 Å². The lowest BCUT2D eigenvalue weighted by atomic mass is 9.53. The predicted octanol–water partition coefficient (Wildman–Crippen LogP) is 2.99. The fourth-order valence-electron chi connectivity index (χ4n) is 6.56. The summed E-state index contributed by atoms with van der Waals surface area (Å²) in [5.41, 5.74) is 0.843. The molecule has 1 amide bonds. The number of hydrogen-bond acceptors (Lipinski definition) is 8. The molecule has 1 aromatic rings. The van der Waals surface area contributed by atoms with E-state index in [0.717, 1.165) is 62.7 Å². The molecule has 37 heavy (non-hydrogen) atoms. The maximum atomic E-state index is 13.0. The van der Waals surface area contributed by atoms with E-state index in [0.29, 0.717) is 11.6 Å². The second-order valence-electron chi connectivity index (χ2n) is 12.7. The zero-order valence-electron chi connectivity index (χ0n) is 23.2. The first kappa shape index (κ1) is 28.9. The first-order chi connectivity index (χ1) is 17.2. The Morgan fingerprint density at radius 3 is 2.65 bits per heavy atom. The maximum absolute atomic E-state index is 13.0. The average molecular weight is 556 g/mol. The number of amides is 1. The summed E-state index contributed by atoms with van der Waals surface area (Å²) >= 11 is 1.52. The zero-order valence-corrected chi connectivity index (χ0v) is 24.9. The molecule has 3 aliphatic rings. The molecule has 0 bridgehead atoms. The summed E-state index contributed by atoms with van der Waals surface area (Å²) in [5.74, 6) is -0.434. The summed E-state index contributed by atoms with van der Waals surface area (Å²) in [6, 6.07) is 0. The molecule has 1 aromatic heterocycles. The molecule has 0 radical (unpaired) electrons. The van der Waals surface area contributed by atoms with Crippen LogP contribution in [0.1, 0.15) is 75.9 Å². The van der Waals surface area contributed by atoms with E-state index < -0.39 is 20.7 Å². The van der Waals surface area contributed by atoms with E-state index in [9.17, 15) is 18.3 Å². The highest BCUT2D eigenvalue weighted by Gasteiger charge is 2.54. The number of nitrogens with one attached hydrogen (secondary N) is 1. The van der Waals surface area contributed by atoms with Crippen molar-refractivity contribution in [3.8, 4) is 0 Å². The molecule has 10 heteroatoms. The number of aromatic nitrogens is 1. The van der Waals surface area contributed by atoms with Crippen LogP contribution in [0.3, 0.4) is 0 Å². The normalized spacial score (nSPS) is 31.9. The maximum Gasteiger partial charge on any atom is 0.223 e. The molecule has 6 atom stereocenters. The van der Waals surface area contributed by atoms with Gasteiger partial charge in [0.15, 0.2) is 9.84 Å². The zero-order chi connectivity index (χ0) is 27.2. The lowest BCUT2D eigenvalue weighted by molar-refractivity contribution is -0.134. The number of ether oxygens (including phenoxy) is 1. The van der Waals surface area contributed by atoms with Crippen LogP contribution in [-0.2, 0) is 31.5 Å². The average Bonchev–Trinajstić information content (AvgIpc) is 3.19. The van der Waals surface area contributed by atoms with E-state index in [2.05, 4.69) is 24.1 Å². The second kappa shape index (κ2) is 10.8. The van der Waals surface area contributed by atoms with Gasteiger partial charge >= 0.3 is 0 Å². The first-order valence-corrected chi connectivity index (χ1v) is 16.2. The molecule has 2 heterocycles. The van der Waals surface area contributed by atoms with Gasteiger partial charge in [0.1, 0.15) is 10.8 Å². The van der Waals surface area contributed by atoms with Gasteiger partial charge in [0, 0.05) is 42.9 Å². The minimum absolute atomic E-state index is 0.00507. The Morgan fingerprint density at radius 1 is 1.32 bits per heavy atom.